The molecule has 0 aromatic heterocycles. The van der Waals surface area contributed by atoms with E-state index in [4.69, 9.17) is 0 Å². The molecule has 1 saturated carbocycles. The normalized spacial score (nSPS) is 14.3. The summed E-state index contributed by atoms with van der Waals surface area (Å²) in [4.78, 5) is 49.0. The zero-order valence-corrected chi connectivity index (χ0v) is 51.8. The van der Waals surface area contributed by atoms with Crippen LogP contribution >= 0.6 is 0 Å². The van der Waals surface area contributed by atoms with Gasteiger partial charge >= 0.3 is 0 Å². The Morgan fingerprint density at radius 3 is 0.618 bits per heavy atom. The van der Waals surface area contributed by atoms with Gasteiger partial charge in [0.2, 0.25) is 23.6 Å². The van der Waals surface area contributed by atoms with Crippen LogP contribution in [0.15, 0.2) is 0 Å². The molecule has 8 heteroatoms. The molecule has 450 valence electrons. The molecule has 1 aliphatic rings. The van der Waals surface area contributed by atoms with Gasteiger partial charge in [0.25, 0.3) is 0 Å². The SMILES string of the molecule is CCCCCCCCCCCC(=O)N[C@@H]1CCCC[C@H]1NC(=O)CCCCCCCCCCC.CCCCCCCCCCCCCCCCCC(=O)NCCNC(=O)CCCCCCCCCCCCCCCCC. The molecular formula is C68H134N4O4. The highest BCUT2D eigenvalue weighted by Gasteiger charge is 2.27. The topological polar surface area (TPSA) is 116 Å². The highest BCUT2D eigenvalue weighted by Crippen LogP contribution is 2.21. The lowest BCUT2D eigenvalue weighted by molar-refractivity contribution is -0.125. The Balaban J connectivity index is 0.00000151. The van der Waals surface area contributed by atoms with Gasteiger partial charge in [-0.3, -0.25) is 19.2 Å². The van der Waals surface area contributed by atoms with Crippen LogP contribution in [0.25, 0.3) is 0 Å². The number of hydrogen-bond donors (Lipinski definition) is 4. The highest BCUT2D eigenvalue weighted by atomic mass is 16.2. The van der Waals surface area contributed by atoms with E-state index in [1.807, 2.05) is 0 Å². The predicted octanol–water partition coefficient (Wildman–Crippen LogP) is 20.1. The largest absolute Gasteiger partial charge is 0.354 e. The Morgan fingerprint density at radius 1 is 0.250 bits per heavy atom. The van der Waals surface area contributed by atoms with E-state index in [1.54, 1.807) is 0 Å². The lowest BCUT2D eigenvalue weighted by Gasteiger charge is -2.33. The second-order valence-corrected chi connectivity index (χ2v) is 23.9. The first-order chi connectivity index (χ1) is 37.4. The third kappa shape index (κ3) is 56.6. The first-order valence-electron chi connectivity index (χ1n) is 34.5. The first kappa shape index (κ1) is 73.9. The number of carbonyl (C=O) groups is 4. The fourth-order valence-electron chi connectivity index (χ4n) is 11.1. The van der Waals surface area contributed by atoms with Crippen molar-refractivity contribution < 1.29 is 19.2 Å². The Bertz CT molecular complexity index is 1140. The van der Waals surface area contributed by atoms with E-state index in [9.17, 15) is 19.2 Å². The molecule has 0 saturated heterocycles. The summed E-state index contributed by atoms with van der Waals surface area (Å²) in [6.07, 6.45) is 69.9. The Labute approximate surface area is 474 Å². The van der Waals surface area contributed by atoms with Crippen LogP contribution in [0.2, 0.25) is 0 Å². The van der Waals surface area contributed by atoms with E-state index < -0.39 is 0 Å². The standard InChI is InChI=1S/C38H76N2O2.C30H58N2O2/c1-3-5-7-9-11-13-15-17-19-21-23-25-27-29-31-33-37(41)39-35-36-40-38(42)34-32-30-28-26-24-22-20-18-16-14-12-10-8-6-4-2;1-3-5-7-9-11-13-15-17-19-25-29(33)31-27-23-21-22-24-28(27)32-30(34)26-20-18-16-14-12-10-8-6-4-2/h3-36H2,1-2H3,(H,39,41)(H,40,42);27-28H,3-26H2,1-2H3,(H,31,33)(H,32,34)/t;27-,28-/m.1/s1. The molecule has 0 bridgehead atoms. The van der Waals surface area contributed by atoms with Crippen molar-refractivity contribution in [3.05, 3.63) is 0 Å². The number of amides is 4. The van der Waals surface area contributed by atoms with E-state index in [2.05, 4.69) is 49.0 Å². The van der Waals surface area contributed by atoms with Gasteiger partial charge in [-0.25, -0.2) is 0 Å². The van der Waals surface area contributed by atoms with Crippen molar-refractivity contribution in [3.8, 4) is 0 Å². The van der Waals surface area contributed by atoms with Crippen LogP contribution in [0.1, 0.15) is 387 Å². The van der Waals surface area contributed by atoms with Crippen molar-refractivity contribution >= 4 is 23.6 Å². The summed E-state index contributed by atoms with van der Waals surface area (Å²) in [5.74, 6) is 0.601. The molecular weight excluding hydrogens is 937 g/mol. The molecule has 0 heterocycles. The van der Waals surface area contributed by atoms with Gasteiger partial charge in [-0.15, -0.1) is 0 Å². The molecule has 2 atom stereocenters. The van der Waals surface area contributed by atoms with Crippen LogP contribution < -0.4 is 21.3 Å². The van der Waals surface area contributed by atoms with Gasteiger partial charge < -0.3 is 21.3 Å². The zero-order valence-electron chi connectivity index (χ0n) is 51.8. The fourth-order valence-corrected chi connectivity index (χ4v) is 11.1. The molecule has 8 nitrogen and oxygen atoms in total. The molecule has 4 amide bonds. The van der Waals surface area contributed by atoms with Gasteiger partial charge in [-0.1, -0.05) is 323 Å². The maximum atomic E-state index is 12.5. The van der Waals surface area contributed by atoms with Crippen molar-refractivity contribution in [1.82, 2.24) is 21.3 Å². The lowest BCUT2D eigenvalue weighted by atomic mass is 9.90. The van der Waals surface area contributed by atoms with Crippen LogP contribution in [0, 0.1) is 0 Å². The van der Waals surface area contributed by atoms with E-state index in [-0.39, 0.29) is 35.7 Å². The van der Waals surface area contributed by atoms with E-state index in [0.717, 1.165) is 77.0 Å². The second kappa shape index (κ2) is 62.1. The summed E-state index contributed by atoms with van der Waals surface area (Å²) >= 11 is 0. The average Bonchev–Trinajstić information content (AvgIpc) is 3.41. The fraction of sp³-hybridized carbons (Fsp3) is 0.941. The third-order valence-electron chi connectivity index (χ3n) is 16.3. The molecule has 1 fully saturated rings. The van der Waals surface area contributed by atoms with E-state index in [0.29, 0.717) is 38.8 Å². The number of carbonyl (C=O) groups excluding carboxylic acids is 4. The van der Waals surface area contributed by atoms with Gasteiger partial charge in [-0.05, 0) is 38.5 Å². The third-order valence-corrected chi connectivity index (χ3v) is 16.3. The van der Waals surface area contributed by atoms with Gasteiger partial charge in [0.1, 0.15) is 0 Å². The number of rotatable bonds is 57. The molecule has 76 heavy (non-hydrogen) atoms. The van der Waals surface area contributed by atoms with Crippen LogP contribution in [0.4, 0.5) is 0 Å². The molecule has 0 aromatic carbocycles. The highest BCUT2D eigenvalue weighted by molar-refractivity contribution is 5.78. The van der Waals surface area contributed by atoms with Gasteiger partial charge in [0.15, 0.2) is 0 Å². The maximum Gasteiger partial charge on any atom is 0.220 e. The molecule has 0 unspecified atom stereocenters. The minimum absolute atomic E-state index is 0.117. The van der Waals surface area contributed by atoms with Crippen LogP contribution in [-0.2, 0) is 19.2 Å². The van der Waals surface area contributed by atoms with Crippen LogP contribution in [0.5, 0.6) is 0 Å². The number of nitrogens with one attached hydrogen (secondary N) is 4. The monoisotopic (exact) mass is 1070 g/mol. The minimum atomic E-state index is 0.117. The molecule has 0 spiro atoms. The lowest BCUT2D eigenvalue weighted by Crippen LogP contribution is -2.53. The summed E-state index contributed by atoms with van der Waals surface area (Å²) < 4.78 is 0. The van der Waals surface area contributed by atoms with Crippen molar-refractivity contribution in [1.29, 1.82) is 0 Å². The van der Waals surface area contributed by atoms with Crippen molar-refractivity contribution in [2.75, 3.05) is 13.1 Å². The summed E-state index contributed by atoms with van der Waals surface area (Å²) in [7, 11) is 0. The molecule has 0 radical (unpaired) electrons. The Kier molecular flexibility index (Phi) is 60.4. The van der Waals surface area contributed by atoms with Gasteiger partial charge in [0.05, 0.1) is 0 Å². The van der Waals surface area contributed by atoms with Gasteiger partial charge in [0, 0.05) is 50.9 Å². The molecule has 1 aliphatic carbocycles. The minimum Gasteiger partial charge on any atom is -0.354 e. The predicted molar refractivity (Wildman–Crippen MR) is 331 cm³/mol. The maximum absolute atomic E-state index is 12.5. The van der Waals surface area contributed by atoms with Crippen LogP contribution in [0.3, 0.4) is 0 Å². The molecule has 0 aromatic rings. The zero-order chi connectivity index (χ0) is 55.3. The van der Waals surface area contributed by atoms with Crippen molar-refractivity contribution in [2.24, 2.45) is 0 Å². The second-order valence-electron chi connectivity index (χ2n) is 23.9. The van der Waals surface area contributed by atoms with Crippen LogP contribution in [-0.4, -0.2) is 48.8 Å². The molecule has 1 rings (SSSR count). The molecule has 4 N–H and O–H groups in total. The average molecular weight is 1070 g/mol. The Morgan fingerprint density at radius 2 is 0.421 bits per heavy atom. The summed E-state index contributed by atoms with van der Waals surface area (Å²) in [5.41, 5.74) is 0. The quantitative estimate of drug-likeness (QED) is 0.0454. The number of unbranched alkanes of at least 4 members (excludes halogenated alkanes) is 44. The van der Waals surface area contributed by atoms with Crippen molar-refractivity contribution in [2.45, 2.75) is 399 Å². The first-order valence-corrected chi connectivity index (χ1v) is 34.5. The smallest absolute Gasteiger partial charge is 0.220 e. The van der Waals surface area contributed by atoms with E-state index >= 15 is 0 Å². The summed E-state index contributed by atoms with van der Waals surface area (Å²) in [6, 6.07) is 0.235. The van der Waals surface area contributed by atoms with Crippen molar-refractivity contribution in [3.63, 3.8) is 0 Å². The Hall–Kier alpha value is -2.12. The molecule has 0 aliphatic heterocycles. The number of hydrogen-bond acceptors (Lipinski definition) is 4. The summed E-state index contributed by atoms with van der Waals surface area (Å²) in [5, 5.41) is 12.4. The van der Waals surface area contributed by atoms with Gasteiger partial charge in [-0.2, -0.15) is 0 Å². The van der Waals surface area contributed by atoms with E-state index in [1.165, 1.54) is 257 Å². The summed E-state index contributed by atoms with van der Waals surface area (Å²) in [6.45, 7) is 10.2.